The van der Waals surface area contributed by atoms with E-state index in [-0.39, 0.29) is 12.2 Å². The second kappa shape index (κ2) is 7.57. The molecule has 1 spiro atoms. The lowest BCUT2D eigenvalue weighted by atomic mass is 9.82. The first-order chi connectivity index (χ1) is 14.0. The van der Waals surface area contributed by atoms with Gasteiger partial charge >= 0.3 is 12.0 Å². The highest BCUT2D eigenvalue weighted by molar-refractivity contribution is 6.08. The van der Waals surface area contributed by atoms with Gasteiger partial charge in [0.1, 0.15) is 17.9 Å². The Labute approximate surface area is 167 Å². The van der Waals surface area contributed by atoms with Gasteiger partial charge in [0, 0.05) is 5.56 Å². The molecule has 9 nitrogen and oxygen atoms in total. The smallest absolute Gasteiger partial charge is 0.344 e. The summed E-state index contributed by atoms with van der Waals surface area (Å²) in [6.07, 6.45) is 5.43. The monoisotopic (exact) mass is 399 g/mol. The number of hydrogen-bond donors (Lipinski definition) is 2. The van der Waals surface area contributed by atoms with Crippen molar-refractivity contribution in [1.82, 2.24) is 15.8 Å². The van der Waals surface area contributed by atoms with Gasteiger partial charge in [-0.15, -0.1) is 0 Å². The molecule has 2 aliphatic heterocycles. The Bertz CT molecular complexity index is 903. The molecular formula is C20H21N3O6. The van der Waals surface area contributed by atoms with E-state index in [9.17, 15) is 19.2 Å². The van der Waals surface area contributed by atoms with Crippen LogP contribution in [0.15, 0.2) is 29.8 Å². The van der Waals surface area contributed by atoms with Crippen molar-refractivity contribution in [1.29, 1.82) is 0 Å². The van der Waals surface area contributed by atoms with Gasteiger partial charge in [0.25, 0.3) is 11.8 Å². The molecule has 1 aromatic rings. The highest BCUT2D eigenvalue weighted by Crippen LogP contribution is 2.33. The molecular weight excluding hydrogens is 378 g/mol. The van der Waals surface area contributed by atoms with Crippen molar-refractivity contribution in [3.63, 3.8) is 0 Å². The first kappa shape index (κ1) is 19.0. The lowest BCUT2D eigenvalue weighted by molar-refractivity contribution is -0.148. The first-order valence-electron chi connectivity index (χ1n) is 9.54. The lowest BCUT2D eigenvalue weighted by Gasteiger charge is -2.30. The fourth-order valence-corrected chi connectivity index (χ4v) is 3.83. The second-order valence-electron chi connectivity index (χ2n) is 7.32. The van der Waals surface area contributed by atoms with Crippen LogP contribution >= 0.6 is 0 Å². The van der Waals surface area contributed by atoms with Gasteiger partial charge in [-0.25, -0.2) is 9.59 Å². The third-order valence-corrected chi connectivity index (χ3v) is 5.33. The minimum Gasteiger partial charge on any atom is -0.488 e. The average molecular weight is 399 g/mol. The van der Waals surface area contributed by atoms with E-state index in [1.165, 1.54) is 0 Å². The number of rotatable bonds is 4. The van der Waals surface area contributed by atoms with E-state index in [1.807, 2.05) is 12.1 Å². The molecule has 1 saturated heterocycles. The zero-order chi connectivity index (χ0) is 20.4. The van der Waals surface area contributed by atoms with Gasteiger partial charge in [0.15, 0.2) is 6.61 Å². The normalized spacial score (nSPS) is 19.7. The van der Waals surface area contributed by atoms with Crippen LogP contribution in [-0.4, -0.2) is 47.6 Å². The van der Waals surface area contributed by atoms with Gasteiger partial charge in [0.05, 0.1) is 5.57 Å². The van der Waals surface area contributed by atoms with Crippen LogP contribution in [0, 0.1) is 0 Å². The number of nitrogens with zero attached hydrogens (tertiary/aromatic N) is 1. The Morgan fingerprint density at radius 1 is 1.17 bits per heavy atom. The average Bonchev–Trinajstić information content (AvgIpc) is 2.96. The third kappa shape index (κ3) is 3.67. The minimum absolute atomic E-state index is 0.0347. The van der Waals surface area contributed by atoms with Crippen molar-refractivity contribution >= 4 is 29.9 Å². The van der Waals surface area contributed by atoms with Crippen molar-refractivity contribution in [2.24, 2.45) is 0 Å². The summed E-state index contributed by atoms with van der Waals surface area (Å²) in [5.74, 6) is -1.28. The summed E-state index contributed by atoms with van der Waals surface area (Å²) in [4.78, 5) is 49.1. The molecule has 29 heavy (non-hydrogen) atoms. The van der Waals surface area contributed by atoms with Gasteiger partial charge < -0.3 is 14.8 Å². The van der Waals surface area contributed by atoms with Crippen molar-refractivity contribution in [3.05, 3.63) is 35.4 Å². The van der Waals surface area contributed by atoms with E-state index < -0.39 is 36.0 Å². The Morgan fingerprint density at radius 2 is 1.93 bits per heavy atom. The molecule has 1 aliphatic carbocycles. The van der Waals surface area contributed by atoms with Crippen LogP contribution in [0.1, 0.15) is 37.7 Å². The Kier molecular flexibility index (Phi) is 4.96. The van der Waals surface area contributed by atoms with Crippen LogP contribution in [0.4, 0.5) is 4.79 Å². The molecule has 0 bridgehead atoms. The number of hydrogen-bond acceptors (Lipinski definition) is 6. The number of benzene rings is 1. The maximum absolute atomic E-state index is 12.6. The van der Waals surface area contributed by atoms with Crippen molar-refractivity contribution in [2.45, 2.75) is 37.6 Å². The summed E-state index contributed by atoms with van der Waals surface area (Å²) in [5.41, 5.74) is 2.31. The fourth-order valence-electron chi connectivity index (χ4n) is 3.83. The maximum atomic E-state index is 12.6. The molecule has 1 saturated carbocycles. The number of ether oxygens (including phenoxy) is 2. The van der Waals surface area contributed by atoms with Crippen LogP contribution in [0.25, 0.3) is 6.08 Å². The number of para-hydroxylation sites is 1. The Hall–Kier alpha value is -3.36. The molecule has 0 radical (unpaired) electrons. The van der Waals surface area contributed by atoms with E-state index in [4.69, 9.17) is 9.47 Å². The molecule has 152 valence electrons. The predicted octanol–water partition coefficient (Wildman–Crippen LogP) is 1.29. The number of nitrogens with one attached hydrogen (secondary N) is 2. The summed E-state index contributed by atoms with van der Waals surface area (Å²) in [5, 5.41) is 3.37. The lowest BCUT2D eigenvalue weighted by Crippen LogP contribution is -2.51. The number of carbonyl (C=O) groups is 4. The summed E-state index contributed by atoms with van der Waals surface area (Å²) >= 11 is 0. The van der Waals surface area contributed by atoms with Gasteiger partial charge in [-0.1, -0.05) is 37.5 Å². The summed E-state index contributed by atoms with van der Waals surface area (Å²) < 4.78 is 10.5. The number of esters is 1. The van der Waals surface area contributed by atoms with Crippen molar-refractivity contribution < 1.29 is 28.7 Å². The summed E-state index contributed by atoms with van der Waals surface area (Å²) in [6.45, 7) is -0.588. The van der Waals surface area contributed by atoms with Crippen molar-refractivity contribution in [2.75, 3.05) is 13.2 Å². The van der Waals surface area contributed by atoms with E-state index >= 15 is 0 Å². The zero-order valence-corrected chi connectivity index (χ0v) is 15.7. The minimum atomic E-state index is -0.934. The molecule has 0 atom stereocenters. The number of hydrazine groups is 1. The molecule has 2 heterocycles. The standard InChI is InChI=1S/C20H21N3O6/c24-16(22-23-18(26)20(21-19(23)27)8-4-1-5-9-20)12-29-17(25)14-10-13-6-2-3-7-15(13)28-11-14/h2-3,6-7,10H,1,4-5,8-9,11-12H2,(H,21,27)(H,22,24). The summed E-state index contributed by atoms with van der Waals surface area (Å²) in [7, 11) is 0. The number of amides is 4. The molecule has 2 N–H and O–H groups in total. The molecule has 4 rings (SSSR count). The molecule has 0 aromatic heterocycles. The van der Waals surface area contributed by atoms with Crippen LogP contribution in [-0.2, 0) is 19.1 Å². The highest BCUT2D eigenvalue weighted by Gasteiger charge is 2.52. The highest BCUT2D eigenvalue weighted by atomic mass is 16.5. The van der Waals surface area contributed by atoms with Crippen LogP contribution < -0.4 is 15.5 Å². The van der Waals surface area contributed by atoms with Gasteiger partial charge in [-0.3, -0.25) is 15.0 Å². The summed E-state index contributed by atoms with van der Waals surface area (Å²) in [6, 6.07) is 6.56. The quantitative estimate of drug-likeness (QED) is 0.583. The van der Waals surface area contributed by atoms with Crippen LogP contribution in [0.2, 0.25) is 0 Å². The van der Waals surface area contributed by atoms with Crippen molar-refractivity contribution in [3.8, 4) is 5.75 Å². The third-order valence-electron chi connectivity index (χ3n) is 5.33. The molecule has 4 amide bonds. The van der Waals surface area contributed by atoms with Crippen LogP contribution in [0.5, 0.6) is 5.75 Å². The maximum Gasteiger partial charge on any atom is 0.344 e. The zero-order valence-electron chi connectivity index (χ0n) is 15.7. The van der Waals surface area contributed by atoms with E-state index in [0.717, 1.165) is 24.8 Å². The topological polar surface area (TPSA) is 114 Å². The molecule has 0 unspecified atom stereocenters. The number of urea groups is 1. The molecule has 2 fully saturated rings. The Morgan fingerprint density at radius 3 is 2.72 bits per heavy atom. The SMILES string of the molecule is O=C(COC(=O)C1=Cc2ccccc2OC1)NN1C(=O)NC2(CCCCC2)C1=O. The van der Waals surface area contributed by atoms with Gasteiger partial charge in [-0.2, -0.15) is 5.01 Å². The van der Waals surface area contributed by atoms with Gasteiger partial charge in [-0.05, 0) is 25.0 Å². The molecule has 3 aliphatic rings. The van der Waals surface area contributed by atoms with E-state index in [0.29, 0.717) is 23.6 Å². The second-order valence-corrected chi connectivity index (χ2v) is 7.32. The van der Waals surface area contributed by atoms with E-state index in [1.54, 1.807) is 18.2 Å². The number of imide groups is 1. The predicted molar refractivity (Wildman–Crippen MR) is 100 cm³/mol. The Balaban J connectivity index is 1.32. The number of fused-ring (bicyclic) bond motifs is 1. The fraction of sp³-hybridized carbons (Fsp3) is 0.400. The molecule has 9 heteroatoms. The number of carbonyl (C=O) groups excluding carboxylic acids is 4. The van der Waals surface area contributed by atoms with E-state index in [2.05, 4.69) is 10.7 Å². The van der Waals surface area contributed by atoms with Gasteiger partial charge in [0.2, 0.25) is 0 Å². The first-order valence-corrected chi connectivity index (χ1v) is 9.54. The van der Waals surface area contributed by atoms with Crippen LogP contribution in [0.3, 0.4) is 0 Å². The molecule has 1 aromatic carbocycles. The largest absolute Gasteiger partial charge is 0.488 e.